The number of ether oxygens (including phenoxy) is 1. The van der Waals surface area contributed by atoms with E-state index in [-0.39, 0.29) is 20.7 Å². The third-order valence-corrected chi connectivity index (χ3v) is 21.3. The Balaban J connectivity index is 1.13. The molecule has 4 N–H and O–H groups in total. The summed E-state index contributed by atoms with van der Waals surface area (Å²) in [4.78, 5) is 10.3. The second kappa shape index (κ2) is 19.9. The smallest absolute Gasteiger partial charge is 0.0367 e. The van der Waals surface area contributed by atoms with Crippen molar-refractivity contribution in [1.82, 2.24) is 10.7 Å². The van der Waals surface area contributed by atoms with Crippen LogP contribution < -0.4 is 47.4 Å². The molecule has 0 spiro atoms. The minimum Gasteiger partial charge on any atom is -0.0530 e. The van der Waals surface area contributed by atoms with Crippen LogP contribution in [0.2, 0.25) is 0 Å². The number of hydrogen-bond acceptors (Lipinski definition) is 5. The molecule has 0 saturated carbocycles. The standard InChI is InChI=1S/C40H53IN3O3P/c1-40(2,3)47-39(46)44-43-35-29-27-33(28-30-35)38(45)42-31-19-8-6-4-5-7-9-20-32-48(36-23-15-11-16-24-36,37-25-17-12-18-26-37)41-34-21-13-10-14-22-34/h10-18,21-30,38,42-43,45H,4-9,19-20,31-32H2,1-3H3,(H,44,46). The predicted octanol–water partition coefficient (Wildman–Crippen LogP) is 5.78. The minimum atomic E-state index is -1.48. The maximum absolute atomic E-state index is 11.8. The van der Waals surface area contributed by atoms with Crippen LogP contribution >= 0.6 is 4.90 Å². The zero-order valence-electron chi connectivity index (χ0n) is 28.7. The van der Waals surface area contributed by atoms with Gasteiger partial charge in [-0.1, -0.05) is 12.1 Å². The number of halogens is 1. The topological polar surface area (TPSA) is 82.6 Å². The molecule has 4 rings (SSSR count). The molecule has 0 fully saturated rings. The van der Waals surface area contributed by atoms with E-state index in [1.807, 2.05) is 45.0 Å². The monoisotopic (exact) mass is 781 g/mol. The average molecular weight is 782 g/mol. The van der Waals surface area contributed by atoms with E-state index in [0.717, 1.165) is 24.9 Å². The number of amides is 1. The number of aliphatic hydroxyl groups is 1. The van der Waals surface area contributed by atoms with Crippen molar-refractivity contribution in [3.05, 3.63) is 124 Å². The Labute approximate surface area is 298 Å². The van der Waals surface area contributed by atoms with Crippen molar-refractivity contribution in [3.8, 4) is 0 Å². The van der Waals surface area contributed by atoms with Crippen molar-refractivity contribution in [3.63, 3.8) is 0 Å². The van der Waals surface area contributed by atoms with Crippen LogP contribution in [0.15, 0.2) is 115 Å². The van der Waals surface area contributed by atoms with Gasteiger partial charge in [-0.15, -0.1) is 0 Å². The number of carbonyl (C=O) groups is 1. The number of anilines is 1. The van der Waals surface area contributed by atoms with Crippen molar-refractivity contribution in [1.29, 1.82) is 0 Å². The molecule has 0 aromatic heterocycles. The summed E-state index contributed by atoms with van der Waals surface area (Å²) in [5, 5.41) is 16.9. The molecule has 0 aliphatic heterocycles. The van der Waals surface area contributed by atoms with Crippen molar-refractivity contribution < 1.29 is 35.3 Å². The number of hydrazine groups is 1. The molecule has 1 unspecified atom stereocenters. The second-order valence-electron chi connectivity index (χ2n) is 13.1. The summed E-state index contributed by atoms with van der Waals surface area (Å²) in [7, 11) is 0. The van der Waals surface area contributed by atoms with Crippen LogP contribution in [0.4, 0.5) is 10.5 Å². The van der Waals surface area contributed by atoms with Gasteiger partial charge in [0.1, 0.15) is 11.8 Å². The second-order valence-corrected chi connectivity index (χ2v) is 23.8. The predicted molar refractivity (Wildman–Crippen MR) is 198 cm³/mol. The van der Waals surface area contributed by atoms with E-state index in [9.17, 15) is 9.90 Å². The van der Waals surface area contributed by atoms with Crippen LogP contribution in [0.3, 0.4) is 0 Å². The van der Waals surface area contributed by atoms with Crippen LogP contribution in [0, 0.1) is 3.57 Å². The van der Waals surface area contributed by atoms with Gasteiger partial charge < -0.3 is 9.84 Å². The molecule has 4 aromatic rings. The van der Waals surface area contributed by atoms with E-state index in [1.54, 1.807) is 14.2 Å². The molecule has 0 aliphatic rings. The Morgan fingerprint density at radius 2 is 1.21 bits per heavy atom. The number of unbranched alkanes of at least 4 members (excludes halogenated alkanes) is 7. The van der Waals surface area contributed by atoms with Gasteiger partial charge in [0, 0.05) is 0 Å². The van der Waals surface area contributed by atoms with E-state index in [1.165, 1.54) is 44.7 Å². The van der Waals surface area contributed by atoms with Crippen LogP contribution in [0.5, 0.6) is 0 Å². The Bertz CT molecular complexity index is 1430. The first-order valence-corrected chi connectivity index (χ1v) is 23.1. The van der Waals surface area contributed by atoms with Crippen molar-refractivity contribution in [2.75, 3.05) is 18.1 Å². The average Bonchev–Trinajstić information content (AvgIpc) is 3.10. The maximum atomic E-state index is 11.8. The number of hydrogen-bond donors (Lipinski definition) is 4. The summed E-state index contributed by atoms with van der Waals surface area (Å²) >= 11 is -0.185. The Morgan fingerprint density at radius 1 is 0.708 bits per heavy atom. The first-order chi connectivity index (χ1) is 23.2. The molecule has 0 heterocycles. The SMILES string of the molecule is CC(C)(C)OC(=O)NNc1ccc(C(O)NCCCCCCCCCC[P+]([I-]c2ccccc2)(c2ccccc2)c2ccccc2)cc1. The van der Waals surface area contributed by atoms with E-state index >= 15 is 0 Å². The van der Waals surface area contributed by atoms with Crippen molar-refractivity contribution in [2.24, 2.45) is 0 Å². The molecule has 258 valence electrons. The molecule has 1 atom stereocenters. The Hall–Kier alpha value is -2.97. The van der Waals surface area contributed by atoms with Gasteiger partial charge in [-0.05, 0) is 38.5 Å². The number of aliphatic hydroxyl groups excluding tert-OH is 1. The molecule has 0 saturated heterocycles. The fourth-order valence-corrected chi connectivity index (χ4v) is 18.6. The molecule has 1 amide bonds. The fourth-order valence-electron chi connectivity index (χ4n) is 5.56. The van der Waals surface area contributed by atoms with Crippen LogP contribution in [0.1, 0.15) is 83.9 Å². The van der Waals surface area contributed by atoms with Gasteiger partial charge in [-0.3, -0.25) is 5.43 Å². The normalized spacial score (nSPS) is 12.4. The number of benzene rings is 4. The third kappa shape index (κ3) is 12.8. The van der Waals surface area contributed by atoms with Crippen molar-refractivity contribution in [2.45, 2.75) is 84.0 Å². The summed E-state index contributed by atoms with van der Waals surface area (Å²) in [5.74, 6) is 0. The fraction of sp³-hybridized carbons (Fsp3) is 0.375. The third-order valence-electron chi connectivity index (χ3n) is 7.97. The minimum absolute atomic E-state index is 0.185. The first kappa shape index (κ1) is 37.8. The van der Waals surface area contributed by atoms with Crippen LogP contribution in [-0.4, -0.2) is 29.5 Å². The van der Waals surface area contributed by atoms with Gasteiger partial charge in [0.15, 0.2) is 0 Å². The summed E-state index contributed by atoms with van der Waals surface area (Å²) in [6.45, 7) is 6.22. The molecular weight excluding hydrogens is 728 g/mol. The largest absolute Gasteiger partial charge is 0.0530 e. The molecule has 6 nitrogen and oxygen atoms in total. The summed E-state index contributed by atoms with van der Waals surface area (Å²) < 4.78 is 6.76. The van der Waals surface area contributed by atoms with Gasteiger partial charge in [0.25, 0.3) is 0 Å². The van der Waals surface area contributed by atoms with Gasteiger partial charge in [-0.25, -0.2) is 10.2 Å². The number of nitrogens with one attached hydrogen (secondary N) is 3. The number of carbonyl (C=O) groups excluding carboxylic acids is 1. The molecule has 8 heteroatoms. The van der Waals surface area contributed by atoms with Gasteiger partial charge in [0.2, 0.25) is 0 Å². The quantitative estimate of drug-likeness (QED) is 0.0319. The van der Waals surface area contributed by atoms with Gasteiger partial charge >= 0.3 is 206 Å². The van der Waals surface area contributed by atoms with Gasteiger partial charge in [-0.2, -0.15) is 0 Å². The molecule has 4 aromatic carbocycles. The van der Waals surface area contributed by atoms with Crippen molar-refractivity contribution >= 4 is 27.3 Å². The summed E-state index contributed by atoms with van der Waals surface area (Å²) in [6, 6.07) is 41.3. The molecule has 0 radical (unpaired) electrons. The molecular formula is C40H53IN3O3P. The summed E-state index contributed by atoms with van der Waals surface area (Å²) in [5.41, 5.74) is 6.28. The molecule has 0 aliphatic carbocycles. The van der Waals surface area contributed by atoms with E-state index < -0.39 is 22.8 Å². The molecule has 48 heavy (non-hydrogen) atoms. The van der Waals surface area contributed by atoms with Crippen LogP contribution in [0.25, 0.3) is 0 Å². The Morgan fingerprint density at radius 3 is 1.75 bits per heavy atom. The zero-order valence-corrected chi connectivity index (χ0v) is 31.8. The van der Waals surface area contributed by atoms with E-state index in [2.05, 4.69) is 107 Å². The summed E-state index contributed by atoms with van der Waals surface area (Å²) in [6.07, 6.45) is 9.88. The van der Waals surface area contributed by atoms with E-state index in [0.29, 0.717) is 5.69 Å². The number of rotatable bonds is 19. The van der Waals surface area contributed by atoms with E-state index in [4.69, 9.17) is 4.74 Å². The maximum Gasteiger partial charge on any atom is -0.0367 e. The molecule has 0 bridgehead atoms. The first-order valence-electron chi connectivity index (χ1n) is 17.2. The Kier molecular flexibility index (Phi) is 15.7. The zero-order chi connectivity index (χ0) is 34.1. The van der Waals surface area contributed by atoms with Crippen LogP contribution in [-0.2, 0) is 4.74 Å². The van der Waals surface area contributed by atoms with Gasteiger partial charge in [0.05, 0.1) is 5.69 Å².